The minimum atomic E-state index is -0.528. The molecule has 0 aliphatic rings. The number of non-ortho nitro benzene ring substituents is 1. The Labute approximate surface area is 94.2 Å². The van der Waals surface area contributed by atoms with Gasteiger partial charge in [-0.1, -0.05) is 11.6 Å². The van der Waals surface area contributed by atoms with Gasteiger partial charge >= 0.3 is 0 Å². The lowest BCUT2D eigenvalue weighted by Gasteiger charge is -2.03. The van der Waals surface area contributed by atoms with Crippen LogP contribution in [0.25, 0.3) is 11.0 Å². The molecule has 0 N–H and O–H groups in total. The maximum Gasteiger partial charge on any atom is 0.288 e. The van der Waals surface area contributed by atoms with E-state index in [2.05, 4.69) is 4.98 Å². The second-order valence-electron chi connectivity index (χ2n) is 3.20. The second kappa shape index (κ2) is 3.57. The van der Waals surface area contributed by atoms with E-state index in [9.17, 15) is 14.9 Å². The Hall–Kier alpha value is -1.95. The molecule has 1 aromatic carbocycles. The fourth-order valence-corrected chi connectivity index (χ4v) is 1.62. The van der Waals surface area contributed by atoms with Crippen LogP contribution in [-0.4, -0.2) is 14.5 Å². The zero-order chi connectivity index (χ0) is 11.9. The van der Waals surface area contributed by atoms with Crippen molar-refractivity contribution < 1.29 is 4.92 Å². The average Bonchev–Trinajstić information content (AvgIpc) is 2.25. The Bertz CT molecular complexity index is 650. The Kier molecular flexibility index (Phi) is 2.35. The van der Waals surface area contributed by atoms with Crippen molar-refractivity contribution in [1.29, 1.82) is 0 Å². The smallest absolute Gasteiger partial charge is 0.288 e. The molecule has 0 radical (unpaired) electrons. The predicted octanol–water partition coefficient (Wildman–Crippen LogP) is 1.50. The highest BCUT2D eigenvalue weighted by Crippen LogP contribution is 2.18. The van der Waals surface area contributed by atoms with Crippen molar-refractivity contribution in [1.82, 2.24) is 9.55 Å². The van der Waals surface area contributed by atoms with E-state index < -0.39 is 10.5 Å². The number of rotatable bonds is 1. The zero-order valence-electron chi connectivity index (χ0n) is 8.18. The summed E-state index contributed by atoms with van der Waals surface area (Å²) in [4.78, 5) is 25.3. The number of fused-ring (bicyclic) bond motifs is 1. The van der Waals surface area contributed by atoms with Gasteiger partial charge in [0, 0.05) is 19.2 Å². The van der Waals surface area contributed by atoms with Crippen LogP contribution in [0.15, 0.2) is 23.0 Å². The number of nitro benzene ring substituents is 1. The van der Waals surface area contributed by atoms with Gasteiger partial charge in [-0.05, 0) is 6.07 Å². The third kappa shape index (κ3) is 1.53. The lowest BCUT2D eigenvalue weighted by molar-refractivity contribution is -0.384. The first kappa shape index (κ1) is 10.6. The topological polar surface area (TPSA) is 78.0 Å². The summed E-state index contributed by atoms with van der Waals surface area (Å²) in [7, 11) is 1.53. The molecule has 0 bridgehead atoms. The number of nitro groups is 1. The van der Waals surface area contributed by atoms with Crippen LogP contribution < -0.4 is 5.56 Å². The van der Waals surface area contributed by atoms with Crippen molar-refractivity contribution in [3.63, 3.8) is 0 Å². The third-order valence-corrected chi connectivity index (χ3v) is 2.48. The molecule has 0 aliphatic carbocycles. The number of benzene rings is 1. The van der Waals surface area contributed by atoms with Crippen molar-refractivity contribution in [2.24, 2.45) is 7.05 Å². The molecule has 1 aromatic heterocycles. The van der Waals surface area contributed by atoms with Crippen molar-refractivity contribution in [3.8, 4) is 0 Å². The van der Waals surface area contributed by atoms with Crippen LogP contribution >= 0.6 is 11.6 Å². The molecule has 2 rings (SSSR count). The summed E-state index contributed by atoms with van der Waals surface area (Å²) in [6, 6.07) is 4.07. The van der Waals surface area contributed by atoms with Gasteiger partial charge < -0.3 is 4.57 Å². The fourth-order valence-electron chi connectivity index (χ4n) is 1.40. The van der Waals surface area contributed by atoms with Crippen molar-refractivity contribution in [2.75, 3.05) is 0 Å². The molecule has 0 spiro atoms. The van der Waals surface area contributed by atoms with Gasteiger partial charge in [-0.3, -0.25) is 14.9 Å². The first-order valence-electron chi connectivity index (χ1n) is 4.31. The largest absolute Gasteiger partial charge is 0.307 e. The highest BCUT2D eigenvalue weighted by molar-refractivity contribution is 6.29. The molecule has 0 unspecified atom stereocenters. The van der Waals surface area contributed by atoms with Crippen LogP contribution in [0.3, 0.4) is 0 Å². The van der Waals surface area contributed by atoms with Crippen LogP contribution in [0.1, 0.15) is 0 Å². The van der Waals surface area contributed by atoms with Gasteiger partial charge in [0.15, 0.2) is 5.15 Å². The second-order valence-corrected chi connectivity index (χ2v) is 3.55. The summed E-state index contributed by atoms with van der Waals surface area (Å²) in [6.45, 7) is 0. The van der Waals surface area contributed by atoms with Crippen LogP contribution in [-0.2, 0) is 7.05 Å². The summed E-state index contributed by atoms with van der Waals surface area (Å²) < 4.78 is 1.30. The van der Waals surface area contributed by atoms with Gasteiger partial charge in [-0.15, -0.1) is 0 Å². The molecule has 0 saturated heterocycles. The number of aryl methyl sites for hydroxylation is 1. The summed E-state index contributed by atoms with van der Waals surface area (Å²) in [5.74, 6) is 0. The van der Waals surface area contributed by atoms with E-state index in [1.165, 1.54) is 29.8 Å². The minimum Gasteiger partial charge on any atom is -0.307 e. The Balaban J connectivity index is 2.86. The maximum absolute atomic E-state index is 11.4. The zero-order valence-corrected chi connectivity index (χ0v) is 8.93. The van der Waals surface area contributed by atoms with Gasteiger partial charge in [0.25, 0.3) is 11.2 Å². The molecule has 1 heterocycles. The Morgan fingerprint density at radius 2 is 2.19 bits per heavy atom. The van der Waals surface area contributed by atoms with Gasteiger partial charge in [0.05, 0.1) is 16.0 Å². The molecule has 0 amide bonds. The third-order valence-electron chi connectivity index (χ3n) is 2.23. The maximum atomic E-state index is 11.4. The van der Waals surface area contributed by atoms with Gasteiger partial charge in [-0.2, -0.15) is 0 Å². The molecule has 82 valence electrons. The minimum absolute atomic E-state index is 0.0882. The molecule has 7 heteroatoms. The first-order valence-corrected chi connectivity index (χ1v) is 4.69. The highest BCUT2D eigenvalue weighted by Gasteiger charge is 2.11. The molecule has 0 aliphatic heterocycles. The molecule has 16 heavy (non-hydrogen) atoms. The monoisotopic (exact) mass is 239 g/mol. The average molecular weight is 240 g/mol. The van der Waals surface area contributed by atoms with Gasteiger partial charge in [-0.25, -0.2) is 4.98 Å². The molecule has 0 atom stereocenters. The van der Waals surface area contributed by atoms with Crippen molar-refractivity contribution >= 4 is 28.3 Å². The molecule has 0 saturated carbocycles. The van der Waals surface area contributed by atoms with E-state index in [4.69, 9.17) is 11.6 Å². The first-order chi connectivity index (χ1) is 7.50. The number of aromatic nitrogens is 2. The predicted molar refractivity (Wildman–Crippen MR) is 58.6 cm³/mol. The van der Waals surface area contributed by atoms with Crippen molar-refractivity contribution in [3.05, 3.63) is 43.8 Å². The summed E-state index contributed by atoms with van der Waals surface area (Å²) in [5, 5.41) is 10.4. The van der Waals surface area contributed by atoms with Crippen LogP contribution in [0, 0.1) is 10.1 Å². The Morgan fingerprint density at radius 1 is 1.50 bits per heavy atom. The highest BCUT2D eigenvalue weighted by atomic mass is 35.5. The molecule has 6 nitrogen and oxygen atoms in total. The van der Waals surface area contributed by atoms with E-state index in [1.807, 2.05) is 0 Å². The lowest BCUT2D eigenvalue weighted by atomic mass is 10.2. The quantitative estimate of drug-likeness (QED) is 0.558. The number of hydrogen-bond acceptors (Lipinski definition) is 4. The van der Waals surface area contributed by atoms with E-state index in [-0.39, 0.29) is 10.8 Å². The molecular formula is C9H6ClN3O3. The standard InChI is InChI=1S/C9H6ClN3O3/c1-12-7-3-2-5(13(15)16)4-6(7)11-8(10)9(12)14/h2-4H,1H3. The summed E-state index contributed by atoms with van der Waals surface area (Å²) in [5.41, 5.74) is 0.305. The number of halogens is 1. The van der Waals surface area contributed by atoms with E-state index in [0.29, 0.717) is 11.0 Å². The SMILES string of the molecule is Cn1c(=O)c(Cl)nc2cc([N+](=O)[O-])ccc21. The number of hydrogen-bond donors (Lipinski definition) is 0. The van der Waals surface area contributed by atoms with Crippen molar-refractivity contribution in [2.45, 2.75) is 0 Å². The summed E-state index contributed by atoms with van der Waals surface area (Å²) in [6.07, 6.45) is 0. The van der Waals surface area contributed by atoms with Gasteiger partial charge in [0.2, 0.25) is 0 Å². The molecule has 2 aromatic rings. The van der Waals surface area contributed by atoms with E-state index in [0.717, 1.165) is 0 Å². The van der Waals surface area contributed by atoms with Gasteiger partial charge in [0.1, 0.15) is 0 Å². The van der Waals surface area contributed by atoms with E-state index >= 15 is 0 Å². The van der Waals surface area contributed by atoms with Crippen LogP contribution in [0.4, 0.5) is 5.69 Å². The Morgan fingerprint density at radius 3 is 2.81 bits per heavy atom. The molecule has 0 fully saturated rings. The number of nitrogens with zero attached hydrogens (tertiary/aromatic N) is 3. The fraction of sp³-hybridized carbons (Fsp3) is 0.111. The van der Waals surface area contributed by atoms with Crippen LogP contribution in [0.2, 0.25) is 5.15 Å². The molecular weight excluding hydrogens is 234 g/mol. The van der Waals surface area contributed by atoms with E-state index in [1.54, 1.807) is 0 Å². The summed E-state index contributed by atoms with van der Waals surface area (Å²) >= 11 is 5.61. The lowest BCUT2D eigenvalue weighted by Crippen LogP contribution is -2.18. The van der Waals surface area contributed by atoms with Crippen LogP contribution in [0.5, 0.6) is 0 Å². The normalized spacial score (nSPS) is 10.6.